The zero-order valence-corrected chi connectivity index (χ0v) is 19.5. The SMILES string of the molecule is O=C(NC1CC1)C(=Cc1ccc(C(=O)NCc2ccc(C(=O)NO)cc2)cc1)c1ccccc1Cl. The number of hydrogen-bond acceptors (Lipinski definition) is 4. The summed E-state index contributed by atoms with van der Waals surface area (Å²) >= 11 is 6.36. The van der Waals surface area contributed by atoms with Crippen molar-refractivity contribution in [1.29, 1.82) is 0 Å². The van der Waals surface area contributed by atoms with E-state index in [1.54, 1.807) is 66.2 Å². The molecule has 35 heavy (non-hydrogen) atoms. The van der Waals surface area contributed by atoms with Gasteiger partial charge in [0.1, 0.15) is 0 Å². The molecule has 0 aromatic heterocycles. The Kier molecular flexibility index (Phi) is 7.60. The fraction of sp³-hybridized carbons (Fsp3) is 0.148. The fourth-order valence-corrected chi connectivity index (χ4v) is 3.69. The zero-order valence-electron chi connectivity index (χ0n) is 18.8. The average molecular weight is 490 g/mol. The van der Waals surface area contributed by atoms with Gasteiger partial charge in [-0.3, -0.25) is 19.6 Å². The van der Waals surface area contributed by atoms with Gasteiger partial charge in [0.25, 0.3) is 17.7 Å². The molecule has 3 amide bonds. The van der Waals surface area contributed by atoms with Gasteiger partial charge < -0.3 is 10.6 Å². The van der Waals surface area contributed by atoms with E-state index in [2.05, 4.69) is 10.6 Å². The van der Waals surface area contributed by atoms with Crippen molar-refractivity contribution >= 4 is 41.0 Å². The van der Waals surface area contributed by atoms with Gasteiger partial charge in [-0.25, -0.2) is 5.48 Å². The molecule has 8 heteroatoms. The maximum absolute atomic E-state index is 12.9. The van der Waals surface area contributed by atoms with Crippen molar-refractivity contribution in [3.05, 3.63) is 106 Å². The van der Waals surface area contributed by atoms with Crippen molar-refractivity contribution < 1.29 is 19.6 Å². The molecular formula is C27H24ClN3O4. The quantitative estimate of drug-likeness (QED) is 0.164. The van der Waals surface area contributed by atoms with E-state index in [-0.39, 0.29) is 24.4 Å². The molecule has 0 bridgehead atoms. The summed E-state index contributed by atoms with van der Waals surface area (Å²) in [5, 5.41) is 15.0. The van der Waals surface area contributed by atoms with Crippen LogP contribution in [0.5, 0.6) is 0 Å². The Morgan fingerprint density at radius 1 is 0.886 bits per heavy atom. The Hall–Kier alpha value is -3.94. The van der Waals surface area contributed by atoms with Gasteiger partial charge in [-0.2, -0.15) is 0 Å². The van der Waals surface area contributed by atoms with Crippen LogP contribution in [0.4, 0.5) is 0 Å². The monoisotopic (exact) mass is 489 g/mol. The lowest BCUT2D eigenvalue weighted by Crippen LogP contribution is -2.26. The normalized spacial score (nSPS) is 13.1. The molecule has 178 valence electrons. The first-order valence-electron chi connectivity index (χ1n) is 11.1. The minimum Gasteiger partial charge on any atom is -0.349 e. The van der Waals surface area contributed by atoms with Crippen LogP contribution in [0.2, 0.25) is 5.02 Å². The minimum atomic E-state index is -0.600. The van der Waals surface area contributed by atoms with Crippen molar-refractivity contribution in [3.63, 3.8) is 0 Å². The van der Waals surface area contributed by atoms with Gasteiger partial charge in [0.15, 0.2) is 0 Å². The van der Waals surface area contributed by atoms with Crippen LogP contribution in [0.15, 0.2) is 72.8 Å². The molecule has 7 nitrogen and oxygen atoms in total. The van der Waals surface area contributed by atoms with Gasteiger partial charge in [-0.15, -0.1) is 0 Å². The van der Waals surface area contributed by atoms with Gasteiger partial charge in [0.2, 0.25) is 0 Å². The fourth-order valence-electron chi connectivity index (χ4n) is 3.46. The number of carbonyl (C=O) groups is 3. The average Bonchev–Trinajstić information content (AvgIpc) is 3.70. The second-order valence-corrected chi connectivity index (χ2v) is 8.64. The molecule has 0 heterocycles. The van der Waals surface area contributed by atoms with E-state index in [9.17, 15) is 14.4 Å². The third-order valence-corrected chi connectivity index (χ3v) is 5.91. The highest BCUT2D eigenvalue weighted by Gasteiger charge is 2.25. The second kappa shape index (κ2) is 11.0. The number of nitrogens with one attached hydrogen (secondary N) is 3. The van der Waals surface area contributed by atoms with Gasteiger partial charge in [-0.1, -0.05) is 54.1 Å². The van der Waals surface area contributed by atoms with E-state index >= 15 is 0 Å². The van der Waals surface area contributed by atoms with E-state index in [0.717, 1.165) is 24.0 Å². The number of benzene rings is 3. The van der Waals surface area contributed by atoms with Crippen LogP contribution in [0, 0.1) is 0 Å². The molecule has 0 spiro atoms. The summed E-state index contributed by atoms with van der Waals surface area (Å²) < 4.78 is 0. The highest BCUT2D eigenvalue weighted by atomic mass is 35.5. The summed E-state index contributed by atoms with van der Waals surface area (Å²) in [5.74, 6) is -1.03. The first-order chi connectivity index (χ1) is 16.9. The molecule has 1 saturated carbocycles. The van der Waals surface area contributed by atoms with Gasteiger partial charge in [-0.05, 0) is 60.4 Å². The molecule has 4 rings (SSSR count). The first-order valence-corrected chi connectivity index (χ1v) is 11.5. The summed E-state index contributed by atoms with van der Waals surface area (Å²) in [6, 6.07) is 20.9. The highest BCUT2D eigenvalue weighted by molar-refractivity contribution is 6.36. The predicted molar refractivity (Wildman–Crippen MR) is 134 cm³/mol. The zero-order chi connectivity index (χ0) is 24.8. The molecule has 3 aromatic rings. The molecule has 0 radical (unpaired) electrons. The van der Waals surface area contributed by atoms with Gasteiger partial charge in [0, 0.05) is 39.9 Å². The number of hydroxylamine groups is 1. The Labute approximate surface area is 207 Å². The summed E-state index contributed by atoms with van der Waals surface area (Å²) in [7, 11) is 0. The van der Waals surface area contributed by atoms with E-state index < -0.39 is 5.91 Å². The molecule has 4 N–H and O–H groups in total. The third kappa shape index (κ3) is 6.35. The number of amides is 3. The van der Waals surface area contributed by atoms with Crippen molar-refractivity contribution in [2.75, 3.05) is 0 Å². The Morgan fingerprint density at radius 3 is 2.14 bits per heavy atom. The van der Waals surface area contributed by atoms with Crippen molar-refractivity contribution in [3.8, 4) is 0 Å². The van der Waals surface area contributed by atoms with Crippen LogP contribution >= 0.6 is 11.6 Å². The molecule has 0 atom stereocenters. The summed E-state index contributed by atoms with van der Waals surface area (Å²) in [6.07, 6.45) is 3.73. The maximum Gasteiger partial charge on any atom is 0.274 e. The van der Waals surface area contributed by atoms with E-state index in [1.807, 2.05) is 18.2 Å². The second-order valence-electron chi connectivity index (χ2n) is 8.23. The van der Waals surface area contributed by atoms with Crippen molar-refractivity contribution in [2.45, 2.75) is 25.4 Å². The summed E-state index contributed by atoms with van der Waals surface area (Å²) in [5.41, 5.74) is 5.05. The largest absolute Gasteiger partial charge is 0.349 e. The maximum atomic E-state index is 12.9. The molecule has 0 unspecified atom stereocenters. The number of carbonyl (C=O) groups excluding carboxylic acids is 3. The lowest BCUT2D eigenvalue weighted by molar-refractivity contribution is -0.115. The number of hydrogen-bond donors (Lipinski definition) is 4. The highest BCUT2D eigenvalue weighted by Crippen LogP contribution is 2.28. The van der Waals surface area contributed by atoms with Gasteiger partial charge in [0.05, 0.1) is 0 Å². The van der Waals surface area contributed by atoms with Crippen molar-refractivity contribution in [1.82, 2.24) is 16.1 Å². The summed E-state index contributed by atoms with van der Waals surface area (Å²) in [6.45, 7) is 0.277. The van der Waals surface area contributed by atoms with Crippen LogP contribution in [0.3, 0.4) is 0 Å². The van der Waals surface area contributed by atoms with E-state index in [4.69, 9.17) is 16.8 Å². The smallest absolute Gasteiger partial charge is 0.274 e. The number of rotatable bonds is 8. The molecule has 0 aliphatic heterocycles. The standard InChI is InChI=1S/C27H24ClN3O4/c28-24-4-2-1-3-22(24)23(27(34)30-21-13-14-21)15-17-5-9-19(10-6-17)25(32)29-16-18-7-11-20(12-8-18)26(33)31-35/h1-12,15,21,35H,13-14,16H2,(H,29,32)(H,30,34)(H,31,33). The molecule has 3 aromatic carbocycles. The summed E-state index contributed by atoms with van der Waals surface area (Å²) in [4.78, 5) is 36.8. The Balaban J connectivity index is 1.45. The van der Waals surface area contributed by atoms with Crippen molar-refractivity contribution in [2.24, 2.45) is 0 Å². The molecule has 0 saturated heterocycles. The third-order valence-electron chi connectivity index (χ3n) is 5.58. The molecular weight excluding hydrogens is 466 g/mol. The van der Waals surface area contributed by atoms with Crippen LogP contribution in [0.1, 0.15) is 50.2 Å². The lowest BCUT2D eigenvalue weighted by atomic mass is 10.0. The topological polar surface area (TPSA) is 108 Å². The molecule has 1 aliphatic carbocycles. The minimum absolute atomic E-state index is 0.176. The van der Waals surface area contributed by atoms with E-state index in [1.165, 1.54) is 0 Å². The van der Waals surface area contributed by atoms with Crippen LogP contribution < -0.4 is 16.1 Å². The van der Waals surface area contributed by atoms with Crippen LogP contribution in [-0.2, 0) is 11.3 Å². The Bertz CT molecular complexity index is 1270. The number of halogens is 1. The van der Waals surface area contributed by atoms with E-state index in [0.29, 0.717) is 27.3 Å². The Morgan fingerprint density at radius 2 is 1.51 bits per heavy atom. The van der Waals surface area contributed by atoms with Crippen LogP contribution in [0.25, 0.3) is 11.6 Å². The lowest BCUT2D eigenvalue weighted by Gasteiger charge is -2.11. The first kappa shape index (κ1) is 24.2. The van der Waals surface area contributed by atoms with Gasteiger partial charge >= 0.3 is 0 Å². The predicted octanol–water partition coefficient (Wildman–Crippen LogP) is 4.21. The molecule has 1 fully saturated rings. The molecule has 1 aliphatic rings. The van der Waals surface area contributed by atoms with Crippen LogP contribution in [-0.4, -0.2) is 29.0 Å².